The zero-order valence-electron chi connectivity index (χ0n) is 11.6. The first kappa shape index (κ1) is 12.6. The van der Waals surface area contributed by atoms with Crippen LogP contribution in [0.3, 0.4) is 0 Å². The molecule has 0 amide bonds. The van der Waals surface area contributed by atoms with Gasteiger partial charge in [-0.05, 0) is 55.9 Å². The van der Waals surface area contributed by atoms with Gasteiger partial charge in [-0.15, -0.1) is 0 Å². The fourth-order valence-electron chi connectivity index (χ4n) is 3.20. The van der Waals surface area contributed by atoms with Crippen LogP contribution in [0.25, 0.3) is 10.9 Å². The molecule has 1 heterocycles. The molecule has 1 aromatic heterocycles. The number of hydrogen-bond donors (Lipinski definition) is 1. The Labute approximate surface area is 115 Å². The van der Waals surface area contributed by atoms with Gasteiger partial charge in [0.05, 0.1) is 5.52 Å². The van der Waals surface area contributed by atoms with Gasteiger partial charge in [0.1, 0.15) is 0 Å². The summed E-state index contributed by atoms with van der Waals surface area (Å²) in [6.07, 6.45) is 6.18. The van der Waals surface area contributed by atoms with Gasteiger partial charge in [0.2, 0.25) is 0 Å². The summed E-state index contributed by atoms with van der Waals surface area (Å²) < 4.78 is 0. The Kier molecular flexibility index (Phi) is 3.52. The van der Waals surface area contributed by atoms with E-state index >= 15 is 0 Å². The Bertz CT molecular complexity index is 576. The Balaban J connectivity index is 1.93. The first-order valence-corrected chi connectivity index (χ1v) is 7.35. The van der Waals surface area contributed by atoms with Crippen molar-refractivity contribution in [3.05, 3.63) is 41.6 Å². The zero-order chi connectivity index (χ0) is 13.2. The van der Waals surface area contributed by atoms with E-state index in [0.29, 0.717) is 12.0 Å². The summed E-state index contributed by atoms with van der Waals surface area (Å²) in [5, 5.41) is 1.25. The van der Waals surface area contributed by atoms with Gasteiger partial charge >= 0.3 is 0 Å². The topological polar surface area (TPSA) is 38.9 Å². The molecule has 0 radical (unpaired) electrons. The highest BCUT2D eigenvalue weighted by molar-refractivity contribution is 5.79. The molecular weight excluding hydrogens is 232 g/mol. The van der Waals surface area contributed by atoms with Crippen LogP contribution < -0.4 is 5.73 Å². The molecule has 2 unspecified atom stereocenters. The molecule has 2 nitrogen and oxygen atoms in total. The minimum atomic E-state index is 0.374. The largest absolute Gasteiger partial charge is 0.328 e. The van der Waals surface area contributed by atoms with Crippen molar-refractivity contribution >= 4 is 10.9 Å². The van der Waals surface area contributed by atoms with Gasteiger partial charge in [-0.2, -0.15) is 0 Å². The molecule has 0 saturated heterocycles. The van der Waals surface area contributed by atoms with E-state index in [1.165, 1.54) is 36.6 Å². The van der Waals surface area contributed by atoms with Crippen LogP contribution in [-0.2, 0) is 0 Å². The number of nitrogens with two attached hydrogens (primary N) is 1. The van der Waals surface area contributed by atoms with Crippen LogP contribution in [0.5, 0.6) is 0 Å². The molecule has 0 bridgehead atoms. The lowest BCUT2D eigenvalue weighted by Gasteiger charge is -2.18. The first-order chi connectivity index (χ1) is 9.22. The van der Waals surface area contributed by atoms with Crippen molar-refractivity contribution in [2.24, 2.45) is 5.73 Å². The maximum Gasteiger partial charge on any atom is 0.0705 e. The van der Waals surface area contributed by atoms with Gasteiger partial charge in [-0.25, -0.2) is 0 Å². The Morgan fingerprint density at radius 1 is 1.11 bits per heavy atom. The SMILES string of the molecule is Cc1ccc2cc(C3CCCCC(N)C3)ccc2n1. The summed E-state index contributed by atoms with van der Waals surface area (Å²) in [5.41, 5.74) is 9.80. The molecule has 1 saturated carbocycles. The van der Waals surface area contributed by atoms with Crippen LogP contribution in [-0.4, -0.2) is 11.0 Å². The van der Waals surface area contributed by atoms with Gasteiger partial charge in [-0.3, -0.25) is 4.98 Å². The molecule has 0 aliphatic heterocycles. The molecule has 2 aromatic rings. The summed E-state index contributed by atoms with van der Waals surface area (Å²) in [6.45, 7) is 2.04. The zero-order valence-corrected chi connectivity index (χ0v) is 11.6. The molecule has 2 atom stereocenters. The molecule has 2 heteroatoms. The number of hydrogen-bond acceptors (Lipinski definition) is 2. The molecule has 3 rings (SSSR count). The van der Waals surface area contributed by atoms with Crippen LogP contribution in [0.2, 0.25) is 0 Å². The van der Waals surface area contributed by atoms with Crippen LogP contribution in [0.15, 0.2) is 30.3 Å². The number of fused-ring (bicyclic) bond motifs is 1. The average Bonchev–Trinajstić information content (AvgIpc) is 2.63. The second-order valence-electron chi connectivity index (χ2n) is 5.88. The second kappa shape index (κ2) is 5.30. The van der Waals surface area contributed by atoms with Crippen molar-refractivity contribution in [2.45, 2.75) is 51.0 Å². The van der Waals surface area contributed by atoms with Crippen molar-refractivity contribution in [1.82, 2.24) is 4.98 Å². The smallest absolute Gasteiger partial charge is 0.0705 e. The van der Waals surface area contributed by atoms with Gasteiger partial charge in [0.25, 0.3) is 0 Å². The van der Waals surface area contributed by atoms with Crippen molar-refractivity contribution in [3.8, 4) is 0 Å². The quantitative estimate of drug-likeness (QED) is 0.783. The van der Waals surface area contributed by atoms with Crippen molar-refractivity contribution in [3.63, 3.8) is 0 Å². The lowest BCUT2D eigenvalue weighted by atomic mass is 9.90. The van der Waals surface area contributed by atoms with Crippen LogP contribution in [0.4, 0.5) is 0 Å². The number of nitrogens with zero attached hydrogens (tertiary/aromatic N) is 1. The predicted molar refractivity (Wildman–Crippen MR) is 80.3 cm³/mol. The first-order valence-electron chi connectivity index (χ1n) is 7.35. The third-order valence-electron chi connectivity index (χ3n) is 4.29. The molecule has 1 aromatic carbocycles. The summed E-state index contributed by atoms with van der Waals surface area (Å²) in [5.74, 6) is 0.628. The van der Waals surface area contributed by atoms with E-state index in [9.17, 15) is 0 Å². The van der Waals surface area contributed by atoms with E-state index in [-0.39, 0.29) is 0 Å². The fourth-order valence-corrected chi connectivity index (χ4v) is 3.20. The monoisotopic (exact) mass is 254 g/mol. The summed E-state index contributed by atoms with van der Waals surface area (Å²) in [7, 11) is 0. The van der Waals surface area contributed by atoms with Crippen molar-refractivity contribution < 1.29 is 0 Å². The summed E-state index contributed by atoms with van der Waals surface area (Å²) >= 11 is 0. The van der Waals surface area contributed by atoms with Gasteiger partial charge in [-0.1, -0.05) is 25.0 Å². The number of rotatable bonds is 1. The lowest BCUT2D eigenvalue weighted by Crippen LogP contribution is -2.20. The van der Waals surface area contributed by atoms with E-state index in [4.69, 9.17) is 5.73 Å². The molecule has 1 aliphatic rings. The van der Waals surface area contributed by atoms with Gasteiger partial charge < -0.3 is 5.73 Å². The van der Waals surface area contributed by atoms with E-state index in [0.717, 1.165) is 17.6 Å². The van der Waals surface area contributed by atoms with E-state index in [1.807, 2.05) is 6.92 Å². The van der Waals surface area contributed by atoms with Gasteiger partial charge in [0.15, 0.2) is 0 Å². The number of benzene rings is 1. The van der Waals surface area contributed by atoms with Crippen LogP contribution >= 0.6 is 0 Å². The normalized spacial score (nSPS) is 24.3. The third kappa shape index (κ3) is 2.79. The average molecular weight is 254 g/mol. The standard InChI is InChI=1S/C17H22N2/c1-12-6-7-15-10-14(8-9-17(15)19-12)13-4-2-3-5-16(18)11-13/h6-10,13,16H,2-5,11,18H2,1H3. The molecule has 0 spiro atoms. The molecule has 19 heavy (non-hydrogen) atoms. The molecular formula is C17H22N2. The Hall–Kier alpha value is -1.41. The van der Waals surface area contributed by atoms with Crippen molar-refractivity contribution in [2.75, 3.05) is 0 Å². The number of aromatic nitrogens is 1. The lowest BCUT2D eigenvalue weighted by molar-refractivity contribution is 0.536. The highest BCUT2D eigenvalue weighted by Gasteiger charge is 2.19. The predicted octanol–water partition coefficient (Wildman–Crippen LogP) is 3.92. The molecule has 1 aliphatic carbocycles. The minimum absolute atomic E-state index is 0.374. The van der Waals surface area contributed by atoms with Gasteiger partial charge in [0, 0.05) is 17.1 Å². The van der Waals surface area contributed by atoms with Crippen LogP contribution in [0.1, 0.15) is 49.3 Å². The number of pyridine rings is 1. The Morgan fingerprint density at radius 2 is 1.95 bits per heavy atom. The van der Waals surface area contributed by atoms with Crippen molar-refractivity contribution in [1.29, 1.82) is 0 Å². The Morgan fingerprint density at radius 3 is 2.84 bits per heavy atom. The second-order valence-corrected chi connectivity index (χ2v) is 5.88. The van der Waals surface area contributed by atoms with Crippen LogP contribution in [0, 0.1) is 6.92 Å². The summed E-state index contributed by atoms with van der Waals surface area (Å²) in [4.78, 5) is 4.57. The highest BCUT2D eigenvalue weighted by atomic mass is 14.7. The van der Waals surface area contributed by atoms with E-state index in [1.54, 1.807) is 0 Å². The van der Waals surface area contributed by atoms with E-state index in [2.05, 4.69) is 35.3 Å². The number of aryl methyl sites for hydroxylation is 1. The maximum atomic E-state index is 6.18. The third-order valence-corrected chi connectivity index (χ3v) is 4.29. The summed E-state index contributed by atoms with van der Waals surface area (Å²) in [6, 6.07) is 11.4. The van der Waals surface area contributed by atoms with E-state index < -0.39 is 0 Å². The fraction of sp³-hybridized carbons (Fsp3) is 0.471. The molecule has 100 valence electrons. The molecule has 2 N–H and O–H groups in total. The molecule has 1 fully saturated rings. The maximum absolute atomic E-state index is 6.18. The highest BCUT2D eigenvalue weighted by Crippen LogP contribution is 2.32. The minimum Gasteiger partial charge on any atom is -0.328 e.